The molecule has 0 radical (unpaired) electrons. The Kier molecular flexibility index (Phi) is 5.12. The molecule has 1 heterocycles. The monoisotopic (exact) mass is 316 g/mol. The standard InChI is InChI=1S/C11H13BrN2O2S/c1-3-5-10(4-2)14-17(15,16)11-6-9(12)7-13-8-11/h2,6-8,10,14H,3,5H2,1H3. The molecule has 0 bridgehead atoms. The molecule has 0 spiro atoms. The van der Waals surface area contributed by atoms with Gasteiger partial charge in [-0.1, -0.05) is 19.3 Å². The highest BCUT2D eigenvalue weighted by atomic mass is 79.9. The molecule has 1 aromatic heterocycles. The molecule has 0 saturated carbocycles. The molecule has 1 atom stereocenters. The second-order valence-corrected chi connectivity index (χ2v) is 6.10. The number of pyridine rings is 1. The third-order valence-electron chi connectivity index (χ3n) is 2.07. The van der Waals surface area contributed by atoms with Crippen LogP contribution >= 0.6 is 15.9 Å². The lowest BCUT2D eigenvalue weighted by atomic mass is 10.2. The average Bonchev–Trinajstić information content (AvgIpc) is 2.28. The summed E-state index contributed by atoms with van der Waals surface area (Å²) < 4.78 is 27.0. The summed E-state index contributed by atoms with van der Waals surface area (Å²) >= 11 is 3.17. The number of hydrogen-bond acceptors (Lipinski definition) is 3. The number of hydrogen-bond donors (Lipinski definition) is 1. The average molecular weight is 317 g/mol. The number of rotatable bonds is 5. The van der Waals surface area contributed by atoms with Crippen molar-refractivity contribution in [2.24, 2.45) is 0 Å². The summed E-state index contributed by atoms with van der Waals surface area (Å²) in [5.74, 6) is 2.42. The highest BCUT2D eigenvalue weighted by Crippen LogP contribution is 2.14. The van der Waals surface area contributed by atoms with Crippen LogP contribution in [0.15, 0.2) is 27.8 Å². The van der Waals surface area contributed by atoms with Crippen LogP contribution in [0.3, 0.4) is 0 Å². The third kappa shape index (κ3) is 4.11. The van der Waals surface area contributed by atoms with Gasteiger partial charge in [-0.15, -0.1) is 6.42 Å². The zero-order chi connectivity index (χ0) is 12.9. The molecule has 1 rings (SSSR count). The van der Waals surface area contributed by atoms with Crippen molar-refractivity contribution in [3.8, 4) is 12.3 Å². The molecule has 0 aliphatic carbocycles. The lowest BCUT2D eigenvalue weighted by Crippen LogP contribution is -2.33. The second-order valence-electron chi connectivity index (χ2n) is 3.47. The van der Waals surface area contributed by atoms with E-state index in [0.717, 1.165) is 6.42 Å². The van der Waals surface area contributed by atoms with Crippen molar-refractivity contribution >= 4 is 26.0 Å². The molecule has 92 valence electrons. The maximum absolute atomic E-state index is 12.0. The van der Waals surface area contributed by atoms with Crippen LogP contribution < -0.4 is 4.72 Å². The van der Waals surface area contributed by atoms with Crippen LogP contribution in [0.5, 0.6) is 0 Å². The molecule has 17 heavy (non-hydrogen) atoms. The van der Waals surface area contributed by atoms with Crippen LogP contribution in [0.2, 0.25) is 0 Å². The number of halogens is 1. The van der Waals surface area contributed by atoms with E-state index in [-0.39, 0.29) is 4.90 Å². The molecule has 0 aliphatic heterocycles. The molecule has 1 aromatic rings. The van der Waals surface area contributed by atoms with E-state index in [9.17, 15) is 8.42 Å². The predicted octanol–water partition coefficient (Wildman–Crippen LogP) is 1.92. The van der Waals surface area contributed by atoms with Gasteiger partial charge >= 0.3 is 0 Å². The smallest absolute Gasteiger partial charge is 0.243 e. The Morgan fingerprint density at radius 3 is 2.82 bits per heavy atom. The molecule has 0 aromatic carbocycles. The van der Waals surface area contributed by atoms with Crippen molar-refractivity contribution in [1.82, 2.24) is 9.71 Å². The molecule has 6 heteroatoms. The summed E-state index contributed by atoms with van der Waals surface area (Å²) in [5, 5.41) is 0. The molecular formula is C11H13BrN2O2S. The van der Waals surface area contributed by atoms with E-state index < -0.39 is 16.1 Å². The molecule has 4 nitrogen and oxygen atoms in total. The Bertz CT molecular complexity index is 523. The minimum atomic E-state index is -3.60. The summed E-state index contributed by atoms with van der Waals surface area (Å²) in [4.78, 5) is 3.91. The van der Waals surface area contributed by atoms with Crippen molar-refractivity contribution in [2.45, 2.75) is 30.7 Å². The normalized spacial score (nSPS) is 13.0. The van der Waals surface area contributed by atoms with Crippen molar-refractivity contribution in [1.29, 1.82) is 0 Å². The van der Waals surface area contributed by atoms with Gasteiger partial charge in [0.2, 0.25) is 10.0 Å². The Morgan fingerprint density at radius 2 is 2.29 bits per heavy atom. The first-order valence-corrected chi connectivity index (χ1v) is 7.36. The van der Waals surface area contributed by atoms with Gasteiger partial charge in [0.15, 0.2) is 0 Å². The van der Waals surface area contributed by atoms with Gasteiger partial charge < -0.3 is 0 Å². The van der Waals surface area contributed by atoms with Crippen LogP contribution in [0, 0.1) is 12.3 Å². The van der Waals surface area contributed by atoms with Gasteiger partial charge in [0, 0.05) is 16.9 Å². The summed E-state index contributed by atoms with van der Waals surface area (Å²) in [6.45, 7) is 1.94. The Hall–Kier alpha value is -0.900. The number of terminal acetylenes is 1. The van der Waals surface area contributed by atoms with Crippen LogP contribution in [-0.4, -0.2) is 19.4 Å². The van der Waals surface area contributed by atoms with Crippen molar-refractivity contribution in [3.05, 3.63) is 22.9 Å². The van der Waals surface area contributed by atoms with E-state index in [4.69, 9.17) is 6.42 Å². The fourth-order valence-corrected chi connectivity index (χ4v) is 2.95. The first-order chi connectivity index (χ1) is 7.99. The van der Waals surface area contributed by atoms with E-state index >= 15 is 0 Å². The van der Waals surface area contributed by atoms with Gasteiger partial charge in [0.25, 0.3) is 0 Å². The van der Waals surface area contributed by atoms with E-state index in [1.165, 1.54) is 18.5 Å². The zero-order valence-corrected chi connectivity index (χ0v) is 11.8. The molecule has 0 saturated heterocycles. The van der Waals surface area contributed by atoms with Gasteiger partial charge in [0.05, 0.1) is 6.04 Å². The van der Waals surface area contributed by atoms with E-state index in [1.807, 2.05) is 6.92 Å². The van der Waals surface area contributed by atoms with E-state index in [0.29, 0.717) is 10.9 Å². The van der Waals surface area contributed by atoms with E-state index in [2.05, 4.69) is 31.6 Å². The van der Waals surface area contributed by atoms with Crippen LogP contribution in [0.4, 0.5) is 0 Å². The minimum Gasteiger partial charge on any atom is -0.262 e. The highest BCUT2D eigenvalue weighted by Gasteiger charge is 2.18. The molecule has 0 aliphatic rings. The first-order valence-electron chi connectivity index (χ1n) is 5.08. The van der Waals surface area contributed by atoms with Gasteiger partial charge in [0.1, 0.15) is 4.90 Å². The quantitative estimate of drug-likeness (QED) is 0.844. The summed E-state index contributed by atoms with van der Waals surface area (Å²) in [6, 6.07) is 0.999. The third-order valence-corrected chi connectivity index (χ3v) is 3.94. The van der Waals surface area contributed by atoms with E-state index in [1.54, 1.807) is 0 Å². The van der Waals surface area contributed by atoms with Gasteiger partial charge in [-0.2, -0.15) is 4.72 Å². The van der Waals surface area contributed by atoms with Crippen LogP contribution in [-0.2, 0) is 10.0 Å². The van der Waals surface area contributed by atoms with Gasteiger partial charge in [-0.25, -0.2) is 8.42 Å². The van der Waals surface area contributed by atoms with Crippen molar-refractivity contribution < 1.29 is 8.42 Å². The topological polar surface area (TPSA) is 59.1 Å². The summed E-state index contributed by atoms with van der Waals surface area (Å²) in [5.41, 5.74) is 0. The lowest BCUT2D eigenvalue weighted by molar-refractivity contribution is 0.564. The lowest BCUT2D eigenvalue weighted by Gasteiger charge is -2.12. The Balaban J connectivity index is 2.93. The number of aromatic nitrogens is 1. The molecule has 1 N–H and O–H groups in total. The highest BCUT2D eigenvalue weighted by molar-refractivity contribution is 9.10. The molecular weight excluding hydrogens is 304 g/mol. The van der Waals surface area contributed by atoms with Gasteiger partial charge in [-0.3, -0.25) is 4.98 Å². The maximum atomic E-state index is 12.0. The van der Waals surface area contributed by atoms with Crippen molar-refractivity contribution in [2.75, 3.05) is 0 Å². The van der Waals surface area contributed by atoms with Gasteiger partial charge in [-0.05, 0) is 28.4 Å². The van der Waals surface area contributed by atoms with Crippen LogP contribution in [0.25, 0.3) is 0 Å². The van der Waals surface area contributed by atoms with Crippen molar-refractivity contribution in [3.63, 3.8) is 0 Å². The SMILES string of the molecule is C#CC(CCC)NS(=O)(=O)c1cncc(Br)c1. The Labute approximate surface area is 110 Å². The fraction of sp³-hybridized carbons (Fsp3) is 0.364. The molecule has 1 unspecified atom stereocenters. The largest absolute Gasteiger partial charge is 0.262 e. The number of nitrogens with one attached hydrogen (secondary N) is 1. The Morgan fingerprint density at radius 1 is 1.59 bits per heavy atom. The molecule has 0 fully saturated rings. The summed E-state index contributed by atoms with van der Waals surface area (Å²) in [7, 11) is -3.60. The maximum Gasteiger partial charge on any atom is 0.243 e. The predicted molar refractivity (Wildman–Crippen MR) is 69.8 cm³/mol. The first kappa shape index (κ1) is 14.2. The minimum absolute atomic E-state index is 0.100. The summed E-state index contributed by atoms with van der Waals surface area (Å²) in [6.07, 6.45) is 9.50. The number of sulfonamides is 1. The zero-order valence-electron chi connectivity index (χ0n) is 9.35. The molecule has 0 amide bonds. The van der Waals surface area contributed by atoms with Crippen LogP contribution in [0.1, 0.15) is 19.8 Å². The number of nitrogens with zero attached hydrogens (tertiary/aromatic N) is 1. The second kappa shape index (κ2) is 6.15. The fourth-order valence-electron chi connectivity index (χ4n) is 1.26.